The molecule has 0 aliphatic rings. The number of nitrogens with zero attached hydrogens (tertiary/aromatic N) is 1. The van der Waals surface area contributed by atoms with Crippen molar-refractivity contribution in [1.29, 1.82) is 0 Å². The van der Waals surface area contributed by atoms with E-state index in [0.717, 1.165) is 6.07 Å². The minimum absolute atomic E-state index is 0.132. The Balaban J connectivity index is 2.71. The van der Waals surface area contributed by atoms with E-state index in [4.69, 9.17) is 5.84 Å². The van der Waals surface area contributed by atoms with E-state index in [1.807, 2.05) is 0 Å². The third kappa shape index (κ3) is 4.59. The van der Waals surface area contributed by atoms with Crippen LogP contribution in [-0.2, 0) is 10.8 Å². The number of carbonyl (C=O) groups excluding carboxylic acids is 1. The monoisotopic (exact) mass is 300 g/mol. The zero-order chi connectivity index (χ0) is 15.1. The number of amides is 1. The molecule has 4 N–H and O–H groups in total. The number of hydrazine groups is 1. The molecule has 1 atom stereocenters. The summed E-state index contributed by atoms with van der Waals surface area (Å²) in [6, 6.07) is 3.96. The highest BCUT2D eigenvalue weighted by Gasteiger charge is 2.16. The molecule has 0 aliphatic carbocycles. The van der Waals surface area contributed by atoms with Gasteiger partial charge < -0.3 is 10.7 Å². The Morgan fingerprint density at radius 2 is 2.20 bits per heavy atom. The lowest BCUT2D eigenvalue weighted by Crippen LogP contribution is -2.25. The Kier molecular flexibility index (Phi) is 6.07. The Morgan fingerprint density at radius 1 is 1.50 bits per heavy atom. The molecule has 0 saturated carbocycles. The number of carbonyl (C=O) groups is 1. The molecule has 1 aromatic carbocycles. The second kappa shape index (κ2) is 7.56. The fourth-order valence-electron chi connectivity index (χ4n) is 1.53. The standard InChI is InChI=1S/C11H16N4O4S/c1-20(19)6-2-5-13-11(16)8-3-4-9(14-12)10(7-8)15(17)18/h3-4,7,14H,2,5-6,12H2,1H3,(H,13,16). The summed E-state index contributed by atoms with van der Waals surface area (Å²) >= 11 is 0. The van der Waals surface area contributed by atoms with E-state index in [9.17, 15) is 19.1 Å². The molecule has 110 valence electrons. The van der Waals surface area contributed by atoms with Gasteiger partial charge in [-0.2, -0.15) is 0 Å². The second-order valence-corrected chi connectivity index (χ2v) is 5.57. The molecule has 1 rings (SSSR count). The Morgan fingerprint density at radius 3 is 2.75 bits per heavy atom. The molecule has 0 radical (unpaired) electrons. The minimum atomic E-state index is -0.902. The van der Waals surface area contributed by atoms with Crippen LogP contribution in [0.3, 0.4) is 0 Å². The van der Waals surface area contributed by atoms with Gasteiger partial charge in [-0.3, -0.25) is 25.0 Å². The first-order valence-electron chi connectivity index (χ1n) is 5.79. The molecule has 1 amide bonds. The van der Waals surface area contributed by atoms with Crippen molar-refractivity contribution in [2.24, 2.45) is 5.84 Å². The van der Waals surface area contributed by atoms with E-state index >= 15 is 0 Å². The van der Waals surface area contributed by atoms with Crippen LogP contribution in [0.15, 0.2) is 18.2 Å². The van der Waals surface area contributed by atoms with Gasteiger partial charge in [0.1, 0.15) is 5.69 Å². The summed E-state index contributed by atoms with van der Waals surface area (Å²) in [5.41, 5.74) is 2.24. The van der Waals surface area contributed by atoms with Crippen molar-refractivity contribution in [2.45, 2.75) is 6.42 Å². The number of nitrogens with two attached hydrogens (primary N) is 1. The summed E-state index contributed by atoms with van der Waals surface area (Å²) in [5.74, 6) is 5.24. The molecule has 0 saturated heterocycles. The molecule has 1 aromatic rings. The van der Waals surface area contributed by atoms with Gasteiger partial charge in [0, 0.05) is 41.0 Å². The number of nitrogens with one attached hydrogen (secondary N) is 2. The van der Waals surface area contributed by atoms with Crippen LogP contribution in [0.5, 0.6) is 0 Å². The third-order valence-electron chi connectivity index (χ3n) is 2.51. The van der Waals surface area contributed by atoms with Gasteiger partial charge in [-0.15, -0.1) is 0 Å². The average molecular weight is 300 g/mol. The van der Waals surface area contributed by atoms with Crippen LogP contribution in [0.2, 0.25) is 0 Å². The molecule has 0 spiro atoms. The van der Waals surface area contributed by atoms with Crippen molar-refractivity contribution >= 4 is 28.1 Å². The van der Waals surface area contributed by atoms with E-state index in [0.29, 0.717) is 18.7 Å². The number of anilines is 1. The largest absolute Gasteiger partial charge is 0.352 e. The fraction of sp³-hybridized carbons (Fsp3) is 0.364. The molecule has 1 unspecified atom stereocenters. The van der Waals surface area contributed by atoms with Gasteiger partial charge in [0.2, 0.25) is 0 Å². The van der Waals surface area contributed by atoms with Gasteiger partial charge >= 0.3 is 0 Å². The van der Waals surface area contributed by atoms with E-state index in [2.05, 4.69) is 10.7 Å². The van der Waals surface area contributed by atoms with Gasteiger partial charge in [0.25, 0.3) is 11.6 Å². The van der Waals surface area contributed by atoms with Crippen molar-refractivity contribution in [1.82, 2.24) is 5.32 Å². The highest BCUT2D eigenvalue weighted by molar-refractivity contribution is 7.84. The first-order chi connectivity index (χ1) is 9.45. The second-order valence-electron chi connectivity index (χ2n) is 4.02. The molecule has 20 heavy (non-hydrogen) atoms. The maximum absolute atomic E-state index is 11.8. The number of hydrogen-bond acceptors (Lipinski definition) is 6. The summed E-state index contributed by atoms with van der Waals surface area (Å²) < 4.78 is 10.9. The molecular formula is C11H16N4O4S. The van der Waals surface area contributed by atoms with E-state index in [-0.39, 0.29) is 16.9 Å². The van der Waals surface area contributed by atoms with Crippen molar-refractivity contribution in [3.63, 3.8) is 0 Å². The zero-order valence-corrected chi connectivity index (χ0v) is 11.7. The van der Waals surface area contributed by atoms with Crippen molar-refractivity contribution < 1.29 is 13.9 Å². The number of nitrogen functional groups attached to an aromatic ring is 1. The number of hydrogen-bond donors (Lipinski definition) is 3. The normalized spacial score (nSPS) is 11.7. The topological polar surface area (TPSA) is 127 Å². The van der Waals surface area contributed by atoms with E-state index < -0.39 is 21.6 Å². The summed E-state index contributed by atoms with van der Waals surface area (Å²) in [6.45, 7) is 0.364. The molecule has 0 bridgehead atoms. The first-order valence-corrected chi connectivity index (χ1v) is 7.51. The van der Waals surface area contributed by atoms with Crippen LogP contribution in [0.4, 0.5) is 11.4 Å². The predicted octanol–water partition coefficient (Wildman–Crippen LogP) is 0.379. The van der Waals surface area contributed by atoms with E-state index in [1.54, 1.807) is 6.26 Å². The van der Waals surface area contributed by atoms with Crippen molar-refractivity contribution in [2.75, 3.05) is 24.0 Å². The number of benzene rings is 1. The molecule has 0 aliphatic heterocycles. The highest BCUT2D eigenvalue weighted by atomic mass is 32.2. The smallest absolute Gasteiger partial charge is 0.294 e. The Hall–Kier alpha value is -2.00. The SMILES string of the molecule is CS(=O)CCCNC(=O)c1ccc(NN)c([N+](=O)[O-])c1. The van der Waals surface area contributed by atoms with Gasteiger partial charge in [0.15, 0.2) is 0 Å². The maximum Gasteiger partial charge on any atom is 0.294 e. The molecule has 0 heterocycles. The van der Waals surface area contributed by atoms with Crippen LogP contribution >= 0.6 is 0 Å². The summed E-state index contributed by atoms with van der Waals surface area (Å²) in [5, 5.41) is 13.4. The van der Waals surface area contributed by atoms with Crippen LogP contribution in [0, 0.1) is 10.1 Å². The maximum atomic E-state index is 11.8. The van der Waals surface area contributed by atoms with Crippen LogP contribution in [0.1, 0.15) is 16.8 Å². The molecular weight excluding hydrogens is 284 g/mol. The number of nitro groups is 1. The molecule has 9 heteroatoms. The quantitative estimate of drug-likeness (QED) is 0.289. The van der Waals surface area contributed by atoms with Gasteiger partial charge in [-0.05, 0) is 18.6 Å². The van der Waals surface area contributed by atoms with Gasteiger partial charge in [0.05, 0.1) is 4.92 Å². The van der Waals surface area contributed by atoms with Crippen LogP contribution in [0.25, 0.3) is 0 Å². The highest BCUT2D eigenvalue weighted by Crippen LogP contribution is 2.24. The number of nitro benzene ring substituents is 1. The van der Waals surface area contributed by atoms with Crippen LogP contribution < -0.4 is 16.6 Å². The van der Waals surface area contributed by atoms with E-state index in [1.165, 1.54) is 12.1 Å². The zero-order valence-electron chi connectivity index (χ0n) is 10.9. The Labute approximate surface area is 118 Å². The lowest BCUT2D eigenvalue weighted by Gasteiger charge is -2.06. The van der Waals surface area contributed by atoms with Crippen molar-refractivity contribution in [3.8, 4) is 0 Å². The Bertz CT molecular complexity index is 535. The van der Waals surface area contributed by atoms with Gasteiger partial charge in [-0.1, -0.05) is 0 Å². The van der Waals surface area contributed by atoms with Crippen molar-refractivity contribution in [3.05, 3.63) is 33.9 Å². The minimum Gasteiger partial charge on any atom is -0.352 e. The summed E-state index contributed by atoms with van der Waals surface area (Å²) in [6.07, 6.45) is 2.17. The predicted molar refractivity (Wildman–Crippen MR) is 76.8 cm³/mol. The van der Waals surface area contributed by atoms with Gasteiger partial charge in [-0.25, -0.2) is 0 Å². The fourth-order valence-corrected chi connectivity index (χ4v) is 2.08. The molecule has 8 nitrogen and oxygen atoms in total. The molecule has 0 aromatic heterocycles. The lowest BCUT2D eigenvalue weighted by atomic mass is 10.1. The third-order valence-corrected chi connectivity index (χ3v) is 3.37. The summed E-state index contributed by atoms with van der Waals surface area (Å²) in [4.78, 5) is 22.0. The molecule has 0 fully saturated rings. The summed E-state index contributed by atoms with van der Waals surface area (Å²) in [7, 11) is -0.902. The number of rotatable bonds is 7. The first kappa shape index (κ1) is 16.1. The lowest BCUT2D eigenvalue weighted by molar-refractivity contribution is -0.384. The van der Waals surface area contributed by atoms with Crippen LogP contribution in [-0.4, -0.2) is 33.6 Å². The average Bonchev–Trinajstić information content (AvgIpc) is 2.42.